The summed E-state index contributed by atoms with van der Waals surface area (Å²) in [5.74, 6) is 0.577. The van der Waals surface area contributed by atoms with Gasteiger partial charge in [0.25, 0.3) is 0 Å². The number of ether oxygens (including phenoxy) is 1. The summed E-state index contributed by atoms with van der Waals surface area (Å²) in [6.45, 7) is 0.683. The highest BCUT2D eigenvalue weighted by atomic mass is 16.5. The fourth-order valence-electron chi connectivity index (χ4n) is 2.73. The van der Waals surface area contributed by atoms with Crippen molar-refractivity contribution in [1.82, 2.24) is 14.5 Å². The SMILES string of the molecule is COC(=O)c1ccc(-c2nccn2C2CC(=O)N(C)C2)cc1. The van der Waals surface area contributed by atoms with E-state index in [9.17, 15) is 9.59 Å². The predicted molar refractivity (Wildman–Crippen MR) is 80.3 cm³/mol. The highest BCUT2D eigenvalue weighted by Crippen LogP contribution is 2.27. The van der Waals surface area contributed by atoms with Gasteiger partial charge in [0.05, 0.1) is 18.7 Å². The Morgan fingerprint density at radius 1 is 1.32 bits per heavy atom. The van der Waals surface area contributed by atoms with Crippen molar-refractivity contribution in [2.24, 2.45) is 0 Å². The van der Waals surface area contributed by atoms with Crippen LogP contribution in [0.25, 0.3) is 11.4 Å². The Bertz CT molecular complexity index is 706. The number of amides is 1. The van der Waals surface area contributed by atoms with E-state index in [4.69, 9.17) is 4.74 Å². The first-order valence-corrected chi connectivity index (χ1v) is 7.05. The lowest BCUT2D eigenvalue weighted by atomic mass is 10.1. The summed E-state index contributed by atoms with van der Waals surface area (Å²) in [6, 6.07) is 7.20. The molecule has 0 spiro atoms. The number of esters is 1. The number of imidazole rings is 1. The molecule has 22 heavy (non-hydrogen) atoms. The van der Waals surface area contributed by atoms with Crippen LogP contribution in [-0.2, 0) is 9.53 Å². The molecule has 6 nitrogen and oxygen atoms in total. The summed E-state index contributed by atoms with van der Waals surface area (Å²) in [4.78, 5) is 29.3. The molecule has 0 saturated carbocycles. The van der Waals surface area contributed by atoms with Gasteiger partial charge in [0.15, 0.2) is 0 Å². The van der Waals surface area contributed by atoms with E-state index >= 15 is 0 Å². The quantitative estimate of drug-likeness (QED) is 0.810. The van der Waals surface area contributed by atoms with E-state index in [2.05, 4.69) is 4.98 Å². The first kappa shape index (κ1) is 14.3. The molecule has 0 aliphatic carbocycles. The first-order chi connectivity index (χ1) is 10.6. The Morgan fingerprint density at radius 3 is 2.64 bits per heavy atom. The Labute approximate surface area is 128 Å². The van der Waals surface area contributed by atoms with E-state index in [0.717, 1.165) is 11.4 Å². The topological polar surface area (TPSA) is 64.4 Å². The van der Waals surface area contributed by atoms with Gasteiger partial charge in [-0.2, -0.15) is 0 Å². The molecular weight excluding hydrogens is 282 g/mol. The molecule has 1 unspecified atom stereocenters. The maximum absolute atomic E-state index is 11.7. The van der Waals surface area contributed by atoms with E-state index in [-0.39, 0.29) is 17.9 Å². The lowest BCUT2D eigenvalue weighted by Crippen LogP contribution is -2.19. The maximum Gasteiger partial charge on any atom is 0.337 e. The number of benzene rings is 1. The second kappa shape index (κ2) is 5.63. The molecule has 0 N–H and O–H groups in total. The molecule has 2 aromatic rings. The summed E-state index contributed by atoms with van der Waals surface area (Å²) >= 11 is 0. The van der Waals surface area contributed by atoms with E-state index in [0.29, 0.717) is 18.5 Å². The molecule has 3 rings (SSSR count). The van der Waals surface area contributed by atoms with Crippen molar-refractivity contribution in [2.45, 2.75) is 12.5 Å². The molecule has 1 atom stereocenters. The van der Waals surface area contributed by atoms with Gasteiger partial charge in [0.2, 0.25) is 5.91 Å². The van der Waals surface area contributed by atoms with E-state index in [1.807, 2.05) is 29.9 Å². The van der Waals surface area contributed by atoms with Crippen molar-refractivity contribution in [3.63, 3.8) is 0 Å². The van der Waals surface area contributed by atoms with Crippen molar-refractivity contribution >= 4 is 11.9 Å². The van der Waals surface area contributed by atoms with Gasteiger partial charge < -0.3 is 14.2 Å². The first-order valence-electron chi connectivity index (χ1n) is 7.05. The number of rotatable bonds is 3. The average Bonchev–Trinajstić information content (AvgIpc) is 3.14. The number of hydrogen-bond donors (Lipinski definition) is 0. The number of likely N-dealkylation sites (tertiary alicyclic amines) is 1. The molecule has 2 heterocycles. The molecule has 0 bridgehead atoms. The number of likely N-dealkylation sites (N-methyl/N-ethyl adjacent to an activating group) is 1. The number of hydrogen-bond acceptors (Lipinski definition) is 4. The summed E-state index contributed by atoms with van der Waals surface area (Å²) in [6.07, 6.45) is 4.10. The van der Waals surface area contributed by atoms with Crippen LogP contribution >= 0.6 is 0 Å². The molecule has 1 amide bonds. The molecular formula is C16H17N3O3. The lowest BCUT2D eigenvalue weighted by Gasteiger charge is -2.15. The van der Waals surface area contributed by atoms with Gasteiger partial charge in [-0.05, 0) is 12.1 Å². The normalized spacial score (nSPS) is 17.8. The highest BCUT2D eigenvalue weighted by Gasteiger charge is 2.29. The van der Waals surface area contributed by atoms with Crippen LogP contribution in [0.4, 0.5) is 0 Å². The summed E-state index contributed by atoms with van der Waals surface area (Å²) in [7, 11) is 3.17. The van der Waals surface area contributed by atoms with Crippen molar-refractivity contribution in [3.05, 3.63) is 42.2 Å². The number of nitrogens with zero attached hydrogens (tertiary/aromatic N) is 3. The van der Waals surface area contributed by atoms with Crippen LogP contribution in [0.5, 0.6) is 0 Å². The molecule has 0 radical (unpaired) electrons. The third kappa shape index (κ3) is 2.47. The van der Waals surface area contributed by atoms with Crippen LogP contribution in [-0.4, -0.2) is 47.0 Å². The van der Waals surface area contributed by atoms with Gasteiger partial charge in [-0.15, -0.1) is 0 Å². The van der Waals surface area contributed by atoms with Crippen LogP contribution < -0.4 is 0 Å². The zero-order valence-electron chi connectivity index (χ0n) is 12.5. The van der Waals surface area contributed by atoms with Crippen LogP contribution in [0, 0.1) is 0 Å². The van der Waals surface area contributed by atoms with Crippen molar-refractivity contribution < 1.29 is 14.3 Å². The minimum atomic E-state index is -0.363. The monoisotopic (exact) mass is 299 g/mol. The molecule has 1 aromatic carbocycles. The second-order valence-corrected chi connectivity index (χ2v) is 5.36. The molecule has 1 aromatic heterocycles. The van der Waals surface area contributed by atoms with Crippen molar-refractivity contribution in [3.8, 4) is 11.4 Å². The minimum absolute atomic E-state index is 0.0929. The molecule has 1 aliphatic rings. The van der Waals surface area contributed by atoms with Crippen LogP contribution in [0.2, 0.25) is 0 Å². The summed E-state index contributed by atoms with van der Waals surface area (Å²) < 4.78 is 6.72. The minimum Gasteiger partial charge on any atom is -0.465 e. The number of aromatic nitrogens is 2. The van der Waals surface area contributed by atoms with Gasteiger partial charge in [-0.25, -0.2) is 9.78 Å². The predicted octanol–water partition coefficient (Wildman–Crippen LogP) is 1.74. The Hall–Kier alpha value is -2.63. The highest BCUT2D eigenvalue weighted by molar-refractivity contribution is 5.89. The fourth-order valence-corrected chi connectivity index (χ4v) is 2.73. The third-order valence-corrected chi connectivity index (χ3v) is 3.95. The number of methoxy groups -OCH3 is 1. The zero-order valence-corrected chi connectivity index (χ0v) is 12.5. The van der Waals surface area contributed by atoms with Crippen LogP contribution in [0.15, 0.2) is 36.7 Å². The van der Waals surface area contributed by atoms with Crippen LogP contribution in [0.3, 0.4) is 0 Å². The van der Waals surface area contributed by atoms with E-state index in [1.54, 1.807) is 23.2 Å². The van der Waals surface area contributed by atoms with Crippen molar-refractivity contribution in [1.29, 1.82) is 0 Å². The zero-order chi connectivity index (χ0) is 15.7. The second-order valence-electron chi connectivity index (χ2n) is 5.36. The lowest BCUT2D eigenvalue weighted by molar-refractivity contribution is -0.126. The Morgan fingerprint density at radius 2 is 2.05 bits per heavy atom. The molecule has 1 aliphatic heterocycles. The molecule has 1 saturated heterocycles. The number of carbonyl (C=O) groups excluding carboxylic acids is 2. The summed E-state index contributed by atoms with van der Waals surface area (Å²) in [5, 5.41) is 0. The van der Waals surface area contributed by atoms with Crippen molar-refractivity contribution in [2.75, 3.05) is 20.7 Å². The van der Waals surface area contributed by atoms with Gasteiger partial charge in [0, 0.05) is 38.0 Å². The van der Waals surface area contributed by atoms with Gasteiger partial charge in [-0.3, -0.25) is 4.79 Å². The van der Waals surface area contributed by atoms with Gasteiger partial charge in [-0.1, -0.05) is 12.1 Å². The molecule has 1 fully saturated rings. The molecule has 6 heteroatoms. The van der Waals surface area contributed by atoms with Gasteiger partial charge in [0.1, 0.15) is 5.82 Å². The fraction of sp³-hybridized carbons (Fsp3) is 0.312. The smallest absolute Gasteiger partial charge is 0.337 e. The van der Waals surface area contributed by atoms with Gasteiger partial charge >= 0.3 is 5.97 Å². The molecule has 114 valence electrons. The van der Waals surface area contributed by atoms with E-state index < -0.39 is 0 Å². The largest absolute Gasteiger partial charge is 0.465 e. The summed E-state index contributed by atoms with van der Waals surface area (Å²) in [5.41, 5.74) is 1.40. The Kier molecular flexibility index (Phi) is 3.66. The third-order valence-electron chi connectivity index (χ3n) is 3.95. The standard InChI is InChI=1S/C16H17N3O3/c1-18-10-13(9-14(18)20)19-8-7-17-15(19)11-3-5-12(6-4-11)16(21)22-2/h3-8,13H,9-10H2,1-2H3. The maximum atomic E-state index is 11.7. The van der Waals surface area contributed by atoms with E-state index in [1.165, 1.54) is 7.11 Å². The van der Waals surface area contributed by atoms with Crippen LogP contribution in [0.1, 0.15) is 22.8 Å². The average molecular weight is 299 g/mol. The Balaban J connectivity index is 1.89. The number of carbonyl (C=O) groups is 2.